The fourth-order valence-corrected chi connectivity index (χ4v) is 6.75. The van der Waals surface area contributed by atoms with Gasteiger partial charge in [0.05, 0.1) is 0 Å². The maximum Gasteiger partial charge on any atom is 0.0434 e. The van der Waals surface area contributed by atoms with Crippen LogP contribution >= 0.6 is 11.3 Å². The zero-order chi connectivity index (χ0) is 23.1. The minimum atomic E-state index is 1.06. The first-order valence-corrected chi connectivity index (χ1v) is 13.8. The zero-order valence-electron chi connectivity index (χ0n) is 20.3. The van der Waals surface area contributed by atoms with Gasteiger partial charge >= 0.3 is 0 Å². The summed E-state index contributed by atoms with van der Waals surface area (Å²) < 4.78 is 2.85. The second kappa shape index (κ2) is 9.04. The molecule has 0 amide bonds. The van der Waals surface area contributed by atoms with Crippen LogP contribution < -0.4 is 0 Å². The van der Waals surface area contributed by atoms with Crippen molar-refractivity contribution in [2.45, 2.75) is 58.8 Å². The number of thiophene rings is 1. The fraction of sp³-hybridized carbons (Fsp3) is 0.273. The van der Waals surface area contributed by atoms with Gasteiger partial charge in [-0.25, -0.2) is 0 Å². The van der Waals surface area contributed by atoms with E-state index in [0.717, 1.165) is 12.8 Å². The maximum absolute atomic E-state index is 2.49. The lowest BCUT2D eigenvalue weighted by Gasteiger charge is -2.11. The van der Waals surface area contributed by atoms with Crippen molar-refractivity contribution in [2.75, 3.05) is 0 Å². The number of hydrogen-bond acceptors (Lipinski definition) is 1. The molecule has 1 aliphatic rings. The number of rotatable bonds is 7. The van der Waals surface area contributed by atoms with E-state index < -0.39 is 0 Å². The average Bonchev–Trinajstić information content (AvgIpc) is 3.43. The molecular formula is C33H32S. The molecule has 0 unspecified atom stereocenters. The summed E-state index contributed by atoms with van der Waals surface area (Å²) in [5.41, 5.74) is 11.5. The van der Waals surface area contributed by atoms with Crippen LogP contribution in [0.3, 0.4) is 0 Å². The molecule has 0 nitrogen and oxygen atoms in total. The van der Waals surface area contributed by atoms with E-state index in [1.54, 1.807) is 0 Å². The van der Waals surface area contributed by atoms with Gasteiger partial charge in [-0.1, -0.05) is 69.2 Å². The molecule has 0 radical (unpaired) electrons. The van der Waals surface area contributed by atoms with Crippen molar-refractivity contribution < 1.29 is 0 Å². The predicted octanol–water partition coefficient (Wildman–Crippen LogP) is 9.98. The van der Waals surface area contributed by atoms with E-state index in [2.05, 4.69) is 86.6 Å². The molecule has 34 heavy (non-hydrogen) atoms. The Hall–Kier alpha value is -2.90. The van der Waals surface area contributed by atoms with E-state index in [1.165, 1.54) is 96.8 Å². The third kappa shape index (κ3) is 3.77. The highest BCUT2D eigenvalue weighted by Crippen LogP contribution is 2.44. The van der Waals surface area contributed by atoms with Crippen LogP contribution in [0.15, 0.2) is 72.8 Å². The van der Waals surface area contributed by atoms with E-state index in [9.17, 15) is 0 Å². The smallest absolute Gasteiger partial charge is 0.0434 e. The molecule has 1 aliphatic carbocycles. The number of benzene rings is 4. The van der Waals surface area contributed by atoms with Gasteiger partial charge < -0.3 is 0 Å². The summed E-state index contributed by atoms with van der Waals surface area (Å²) in [6.07, 6.45) is 8.37. The van der Waals surface area contributed by atoms with Gasteiger partial charge in [-0.2, -0.15) is 0 Å². The molecule has 1 heterocycles. The Labute approximate surface area is 207 Å². The standard InChI is InChI=1S/C33H32S/c1-3-5-9-22-13-16-32-30(17-22)31-19-23(10-6-4-2)18-29(33(31)34-32)26-15-14-25-20-24-11-7-8-12-27(24)28(25)21-26/h7-8,11-19,21H,3-6,9-10,20H2,1-2H3. The molecule has 0 saturated carbocycles. The highest BCUT2D eigenvalue weighted by molar-refractivity contribution is 7.26. The molecule has 0 bridgehead atoms. The van der Waals surface area contributed by atoms with Gasteiger partial charge in [0, 0.05) is 20.2 Å². The Morgan fingerprint density at radius 1 is 0.647 bits per heavy atom. The topological polar surface area (TPSA) is 0 Å². The number of hydrogen-bond donors (Lipinski definition) is 0. The largest absolute Gasteiger partial charge is 0.135 e. The van der Waals surface area contributed by atoms with Crippen molar-refractivity contribution in [3.8, 4) is 22.3 Å². The van der Waals surface area contributed by atoms with Crippen molar-refractivity contribution in [3.05, 3.63) is 95.1 Å². The Morgan fingerprint density at radius 2 is 1.41 bits per heavy atom. The molecule has 1 heteroatoms. The zero-order valence-corrected chi connectivity index (χ0v) is 21.1. The maximum atomic E-state index is 2.49. The van der Waals surface area contributed by atoms with E-state index in [4.69, 9.17) is 0 Å². The minimum absolute atomic E-state index is 1.06. The lowest BCUT2D eigenvalue weighted by atomic mass is 9.94. The first-order chi connectivity index (χ1) is 16.7. The molecular weight excluding hydrogens is 428 g/mol. The summed E-state index contributed by atoms with van der Waals surface area (Å²) in [4.78, 5) is 0. The summed E-state index contributed by atoms with van der Waals surface area (Å²) in [5.74, 6) is 0. The first kappa shape index (κ1) is 21.6. The van der Waals surface area contributed by atoms with Crippen LogP contribution in [0.5, 0.6) is 0 Å². The van der Waals surface area contributed by atoms with Crippen molar-refractivity contribution in [1.82, 2.24) is 0 Å². The summed E-state index contributed by atoms with van der Waals surface area (Å²) in [6.45, 7) is 4.57. The third-order valence-corrected chi connectivity index (χ3v) is 8.66. The van der Waals surface area contributed by atoms with Gasteiger partial charge in [0.15, 0.2) is 0 Å². The van der Waals surface area contributed by atoms with Crippen molar-refractivity contribution >= 4 is 31.5 Å². The summed E-state index contributed by atoms with van der Waals surface area (Å²) in [5, 5.41) is 2.89. The van der Waals surface area contributed by atoms with Gasteiger partial charge in [0.1, 0.15) is 0 Å². The molecule has 0 atom stereocenters. The lowest BCUT2D eigenvalue weighted by Crippen LogP contribution is -1.89. The molecule has 1 aromatic heterocycles. The van der Waals surface area contributed by atoms with Gasteiger partial charge in [0.2, 0.25) is 0 Å². The normalized spacial score (nSPS) is 12.4. The van der Waals surface area contributed by atoms with Crippen molar-refractivity contribution in [1.29, 1.82) is 0 Å². The molecule has 0 spiro atoms. The molecule has 4 aromatic carbocycles. The Balaban J connectivity index is 1.54. The van der Waals surface area contributed by atoms with Gasteiger partial charge in [-0.15, -0.1) is 11.3 Å². The fourth-order valence-electron chi connectivity index (χ4n) is 5.55. The highest BCUT2D eigenvalue weighted by atomic mass is 32.1. The summed E-state index contributed by atoms with van der Waals surface area (Å²) in [6, 6.07) is 28.2. The Morgan fingerprint density at radius 3 is 2.26 bits per heavy atom. The van der Waals surface area contributed by atoms with E-state index in [0.29, 0.717) is 0 Å². The monoisotopic (exact) mass is 460 g/mol. The molecule has 6 rings (SSSR count). The SMILES string of the molecule is CCCCc1ccc2sc3c(-c4ccc5c(c4)-c4ccccc4C5)cc(CCCC)cc3c2c1. The average molecular weight is 461 g/mol. The van der Waals surface area contributed by atoms with E-state index in [1.807, 2.05) is 11.3 Å². The van der Waals surface area contributed by atoms with Gasteiger partial charge in [-0.05, 0) is 107 Å². The molecule has 170 valence electrons. The highest BCUT2D eigenvalue weighted by Gasteiger charge is 2.20. The molecule has 0 saturated heterocycles. The second-order valence-corrected chi connectivity index (χ2v) is 10.9. The number of unbranched alkanes of at least 4 members (excludes halogenated alkanes) is 2. The summed E-state index contributed by atoms with van der Waals surface area (Å²) in [7, 11) is 0. The molecule has 0 fully saturated rings. The van der Waals surface area contributed by atoms with Gasteiger partial charge in [-0.3, -0.25) is 0 Å². The number of aryl methyl sites for hydroxylation is 2. The quantitative estimate of drug-likeness (QED) is 0.222. The predicted molar refractivity (Wildman–Crippen MR) is 150 cm³/mol. The van der Waals surface area contributed by atoms with Crippen LogP contribution in [0, 0.1) is 0 Å². The van der Waals surface area contributed by atoms with Crippen molar-refractivity contribution in [2.24, 2.45) is 0 Å². The van der Waals surface area contributed by atoms with Crippen LogP contribution in [-0.4, -0.2) is 0 Å². The molecule has 0 N–H and O–H groups in total. The lowest BCUT2D eigenvalue weighted by molar-refractivity contribution is 0.795. The van der Waals surface area contributed by atoms with Crippen molar-refractivity contribution in [3.63, 3.8) is 0 Å². The van der Waals surface area contributed by atoms with E-state index in [-0.39, 0.29) is 0 Å². The Bertz CT molecular complexity index is 1500. The van der Waals surface area contributed by atoms with Crippen LogP contribution in [0.25, 0.3) is 42.4 Å². The molecule has 0 aliphatic heterocycles. The summed E-state index contributed by atoms with van der Waals surface area (Å²) >= 11 is 1.97. The van der Waals surface area contributed by atoms with E-state index >= 15 is 0 Å². The van der Waals surface area contributed by atoms with Gasteiger partial charge in [0.25, 0.3) is 0 Å². The third-order valence-electron chi connectivity index (χ3n) is 7.44. The second-order valence-electron chi connectivity index (χ2n) is 9.87. The Kier molecular flexibility index (Phi) is 5.75. The minimum Gasteiger partial charge on any atom is -0.135 e. The molecule has 5 aromatic rings. The van der Waals surface area contributed by atoms with Crippen LogP contribution in [0.1, 0.15) is 61.8 Å². The van der Waals surface area contributed by atoms with Crippen LogP contribution in [0.4, 0.5) is 0 Å². The van der Waals surface area contributed by atoms with Crippen LogP contribution in [-0.2, 0) is 19.3 Å². The number of fused-ring (bicyclic) bond motifs is 6. The first-order valence-electron chi connectivity index (χ1n) is 12.9. The van der Waals surface area contributed by atoms with Crippen LogP contribution in [0.2, 0.25) is 0 Å².